The van der Waals surface area contributed by atoms with E-state index in [9.17, 15) is 4.79 Å². The Balaban J connectivity index is 2.96. The Labute approximate surface area is 84.0 Å². The molecule has 0 spiro atoms. The molecular formula is C10H17N3O. The zero-order chi connectivity index (χ0) is 10.6. The fourth-order valence-corrected chi connectivity index (χ4v) is 1.20. The maximum absolute atomic E-state index is 11.8. The van der Waals surface area contributed by atoms with E-state index in [1.165, 1.54) is 0 Å². The molecule has 14 heavy (non-hydrogen) atoms. The lowest BCUT2D eigenvalue weighted by Gasteiger charge is -2.10. The van der Waals surface area contributed by atoms with E-state index >= 15 is 0 Å². The van der Waals surface area contributed by atoms with Gasteiger partial charge >= 0.3 is 0 Å². The maximum Gasteiger partial charge on any atom is 0.293 e. The molecule has 4 heteroatoms. The highest BCUT2D eigenvalue weighted by Gasteiger charge is 2.05. The summed E-state index contributed by atoms with van der Waals surface area (Å²) in [6.07, 6.45) is 4.35. The Morgan fingerprint density at radius 2 is 2.29 bits per heavy atom. The summed E-state index contributed by atoms with van der Waals surface area (Å²) in [6, 6.07) is 0.174. The van der Waals surface area contributed by atoms with Crippen LogP contribution in [0.3, 0.4) is 0 Å². The fourth-order valence-electron chi connectivity index (χ4n) is 1.20. The van der Waals surface area contributed by atoms with Crippen LogP contribution in [0.1, 0.15) is 33.2 Å². The van der Waals surface area contributed by atoms with Crippen molar-refractivity contribution in [2.45, 2.75) is 33.2 Å². The molecule has 1 aromatic rings. The van der Waals surface area contributed by atoms with E-state index in [0.717, 1.165) is 13.0 Å². The highest BCUT2D eigenvalue weighted by molar-refractivity contribution is 5.30. The number of hydrogen-bond acceptors (Lipinski definition) is 3. The summed E-state index contributed by atoms with van der Waals surface area (Å²) >= 11 is 0. The van der Waals surface area contributed by atoms with Gasteiger partial charge in [0, 0.05) is 25.0 Å². The van der Waals surface area contributed by atoms with Gasteiger partial charge in [0.2, 0.25) is 0 Å². The lowest BCUT2D eigenvalue weighted by molar-refractivity contribution is 0.575. The van der Waals surface area contributed by atoms with Gasteiger partial charge in [-0.3, -0.25) is 4.79 Å². The first-order valence-electron chi connectivity index (χ1n) is 4.97. The first-order valence-corrected chi connectivity index (χ1v) is 4.97. The second-order valence-corrected chi connectivity index (χ2v) is 3.51. The monoisotopic (exact) mass is 195 g/mol. The van der Waals surface area contributed by atoms with Crippen LogP contribution in [0, 0.1) is 0 Å². The third-order valence-corrected chi connectivity index (χ3v) is 1.97. The minimum absolute atomic E-state index is 0.0454. The van der Waals surface area contributed by atoms with Crippen molar-refractivity contribution in [2.24, 2.45) is 0 Å². The van der Waals surface area contributed by atoms with E-state index in [1.54, 1.807) is 17.0 Å². The van der Waals surface area contributed by atoms with Crippen molar-refractivity contribution in [3.63, 3.8) is 0 Å². The smallest absolute Gasteiger partial charge is 0.293 e. The fraction of sp³-hybridized carbons (Fsp3) is 0.600. The predicted octanol–water partition coefficient (Wildman–Crippen LogP) is 1.65. The molecule has 0 bridgehead atoms. The summed E-state index contributed by atoms with van der Waals surface area (Å²) in [6.45, 7) is 6.79. The van der Waals surface area contributed by atoms with Crippen molar-refractivity contribution in [3.05, 3.63) is 22.7 Å². The van der Waals surface area contributed by atoms with E-state index < -0.39 is 0 Å². The van der Waals surface area contributed by atoms with Crippen molar-refractivity contribution < 1.29 is 0 Å². The Bertz CT molecular complexity index is 343. The van der Waals surface area contributed by atoms with Crippen LogP contribution in [-0.4, -0.2) is 16.1 Å². The number of rotatable bonds is 4. The van der Waals surface area contributed by atoms with Crippen molar-refractivity contribution in [3.8, 4) is 0 Å². The summed E-state index contributed by atoms with van der Waals surface area (Å²) < 4.78 is 1.67. The first-order chi connectivity index (χ1) is 6.66. The molecule has 4 nitrogen and oxygen atoms in total. The van der Waals surface area contributed by atoms with Crippen LogP contribution < -0.4 is 10.9 Å². The van der Waals surface area contributed by atoms with Gasteiger partial charge in [-0.1, -0.05) is 6.92 Å². The van der Waals surface area contributed by atoms with E-state index in [0.29, 0.717) is 5.82 Å². The highest BCUT2D eigenvalue weighted by Crippen LogP contribution is 2.01. The molecule has 78 valence electrons. The van der Waals surface area contributed by atoms with Gasteiger partial charge in [-0.05, 0) is 20.3 Å². The van der Waals surface area contributed by atoms with Gasteiger partial charge in [0.25, 0.3) is 5.56 Å². The minimum Gasteiger partial charge on any atom is -0.365 e. The number of aromatic nitrogens is 2. The van der Waals surface area contributed by atoms with Gasteiger partial charge in [-0.25, -0.2) is 4.98 Å². The molecule has 0 aliphatic heterocycles. The van der Waals surface area contributed by atoms with E-state index in [1.807, 2.05) is 13.8 Å². The average molecular weight is 195 g/mol. The molecule has 0 saturated carbocycles. The van der Waals surface area contributed by atoms with Crippen LogP contribution in [0.15, 0.2) is 17.2 Å². The average Bonchev–Trinajstić information content (AvgIpc) is 2.16. The normalized spacial score (nSPS) is 10.6. The number of nitrogens with zero attached hydrogens (tertiary/aromatic N) is 2. The third kappa shape index (κ3) is 2.34. The molecule has 0 aliphatic carbocycles. The summed E-state index contributed by atoms with van der Waals surface area (Å²) in [5, 5.41) is 3.01. The molecule has 0 aliphatic rings. The van der Waals surface area contributed by atoms with E-state index in [-0.39, 0.29) is 11.6 Å². The minimum atomic E-state index is -0.0454. The van der Waals surface area contributed by atoms with Crippen molar-refractivity contribution in [1.82, 2.24) is 9.55 Å². The molecule has 0 atom stereocenters. The Morgan fingerprint density at radius 3 is 2.86 bits per heavy atom. The van der Waals surface area contributed by atoms with Crippen LogP contribution in [-0.2, 0) is 0 Å². The summed E-state index contributed by atoms with van der Waals surface area (Å²) in [4.78, 5) is 15.8. The summed E-state index contributed by atoms with van der Waals surface area (Å²) in [7, 11) is 0. The quantitative estimate of drug-likeness (QED) is 0.794. The predicted molar refractivity (Wildman–Crippen MR) is 57.7 cm³/mol. The van der Waals surface area contributed by atoms with Gasteiger partial charge in [0.05, 0.1) is 0 Å². The standard InChI is InChI=1S/C10H17N3O/c1-4-5-11-9-10(14)13(8(2)3)7-6-12-9/h6-8H,4-5H2,1-3H3,(H,11,12). The van der Waals surface area contributed by atoms with E-state index in [2.05, 4.69) is 17.2 Å². The van der Waals surface area contributed by atoms with Crippen LogP contribution >= 0.6 is 0 Å². The van der Waals surface area contributed by atoms with Crippen LogP contribution in [0.5, 0.6) is 0 Å². The lowest BCUT2D eigenvalue weighted by Crippen LogP contribution is -2.25. The number of anilines is 1. The van der Waals surface area contributed by atoms with Gasteiger partial charge < -0.3 is 9.88 Å². The summed E-state index contributed by atoms with van der Waals surface area (Å²) in [5.41, 5.74) is -0.0454. The van der Waals surface area contributed by atoms with Gasteiger partial charge in [-0.2, -0.15) is 0 Å². The molecule has 0 unspecified atom stereocenters. The van der Waals surface area contributed by atoms with Gasteiger partial charge in [0.1, 0.15) is 0 Å². The first kappa shape index (κ1) is 10.8. The molecular weight excluding hydrogens is 178 g/mol. The van der Waals surface area contributed by atoms with Gasteiger partial charge in [0.15, 0.2) is 5.82 Å². The Hall–Kier alpha value is -1.32. The molecule has 0 amide bonds. The van der Waals surface area contributed by atoms with Crippen LogP contribution in [0.25, 0.3) is 0 Å². The largest absolute Gasteiger partial charge is 0.365 e. The third-order valence-electron chi connectivity index (χ3n) is 1.97. The molecule has 0 saturated heterocycles. The molecule has 1 aromatic heterocycles. The molecule has 1 N–H and O–H groups in total. The van der Waals surface area contributed by atoms with Crippen molar-refractivity contribution >= 4 is 5.82 Å². The van der Waals surface area contributed by atoms with Gasteiger partial charge in [-0.15, -0.1) is 0 Å². The highest BCUT2D eigenvalue weighted by atomic mass is 16.1. The number of hydrogen-bond donors (Lipinski definition) is 1. The second-order valence-electron chi connectivity index (χ2n) is 3.51. The number of nitrogens with one attached hydrogen (secondary N) is 1. The Kier molecular flexibility index (Phi) is 3.68. The molecule has 1 heterocycles. The molecule has 1 rings (SSSR count). The Morgan fingerprint density at radius 1 is 1.57 bits per heavy atom. The zero-order valence-corrected chi connectivity index (χ0v) is 8.95. The maximum atomic E-state index is 11.8. The lowest BCUT2D eigenvalue weighted by atomic mass is 10.4. The van der Waals surface area contributed by atoms with Crippen LogP contribution in [0.4, 0.5) is 5.82 Å². The SMILES string of the molecule is CCCNc1nccn(C(C)C)c1=O. The molecule has 0 aromatic carbocycles. The molecule has 0 fully saturated rings. The molecule has 0 radical (unpaired) electrons. The van der Waals surface area contributed by atoms with Crippen molar-refractivity contribution in [2.75, 3.05) is 11.9 Å². The topological polar surface area (TPSA) is 46.9 Å². The summed E-state index contributed by atoms with van der Waals surface area (Å²) in [5.74, 6) is 0.447. The second kappa shape index (κ2) is 4.79. The van der Waals surface area contributed by atoms with Crippen molar-refractivity contribution in [1.29, 1.82) is 0 Å². The van der Waals surface area contributed by atoms with E-state index in [4.69, 9.17) is 0 Å². The zero-order valence-electron chi connectivity index (χ0n) is 8.95. The van der Waals surface area contributed by atoms with Crippen LogP contribution in [0.2, 0.25) is 0 Å².